The normalized spacial score (nSPS) is 24.2. The Kier molecular flexibility index (Phi) is 6.45. The molecular weight excluding hydrogens is 266 g/mol. The zero-order valence-corrected chi connectivity index (χ0v) is 13.8. The minimum atomic E-state index is -0.0171. The van der Waals surface area contributed by atoms with E-state index in [-0.39, 0.29) is 11.9 Å². The molecule has 1 unspecified atom stereocenters. The molecule has 21 heavy (non-hydrogen) atoms. The van der Waals surface area contributed by atoms with Crippen LogP contribution in [-0.2, 0) is 9.53 Å². The van der Waals surface area contributed by atoms with Gasteiger partial charge in [-0.25, -0.2) is 0 Å². The van der Waals surface area contributed by atoms with Gasteiger partial charge >= 0.3 is 5.97 Å². The summed E-state index contributed by atoms with van der Waals surface area (Å²) in [5, 5.41) is 3.36. The molecule has 0 bridgehead atoms. The molecule has 122 valence electrons. The number of rotatable bonds is 5. The summed E-state index contributed by atoms with van der Waals surface area (Å²) in [6.45, 7) is 11.7. The van der Waals surface area contributed by atoms with Crippen molar-refractivity contribution in [1.29, 1.82) is 0 Å². The number of esters is 1. The lowest BCUT2D eigenvalue weighted by atomic mass is 9.83. The average molecular weight is 297 g/mol. The first kappa shape index (κ1) is 16.7. The number of ether oxygens (including phenoxy) is 1. The van der Waals surface area contributed by atoms with Crippen molar-refractivity contribution >= 4 is 5.97 Å². The van der Waals surface area contributed by atoms with Crippen LogP contribution in [0.2, 0.25) is 0 Å². The monoisotopic (exact) mass is 297 g/mol. The molecule has 1 N–H and O–H groups in total. The summed E-state index contributed by atoms with van der Waals surface area (Å²) in [6.07, 6.45) is 2.23. The molecule has 0 spiro atoms. The number of hydrogen-bond donors (Lipinski definition) is 1. The maximum atomic E-state index is 12.2. The fourth-order valence-corrected chi connectivity index (χ4v) is 3.58. The van der Waals surface area contributed by atoms with Gasteiger partial charge in [-0.1, -0.05) is 0 Å². The van der Waals surface area contributed by atoms with E-state index in [1.807, 2.05) is 0 Å². The van der Waals surface area contributed by atoms with Crippen LogP contribution in [0.25, 0.3) is 0 Å². The van der Waals surface area contributed by atoms with Crippen LogP contribution in [0.3, 0.4) is 0 Å². The predicted octanol–water partition coefficient (Wildman–Crippen LogP) is 0.801. The Hall–Kier alpha value is -0.650. The zero-order chi connectivity index (χ0) is 15.2. The van der Waals surface area contributed by atoms with E-state index in [2.05, 4.69) is 29.0 Å². The van der Waals surface area contributed by atoms with E-state index in [4.69, 9.17) is 4.74 Å². The average Bonchev–Trinajstić information content (AvgIpc) is 2.53. The fraction of sp³-hybridized carbons (Fsp3) is 0.938. The molecule has 5 nitrogen and oxygen atoms in total. The number of carbonyl (C=O) groups is 1. The van der Waals surface area contributed by atoms with Crippen LogP contribution in [0.1, 0.15) is 26.7 Å². The zero-order valence-electron chi connectivity index (χ0n) is 13.8. The molecule has 2 saturated heterocycles. The lowest BCUT2D eigenvalue weighted by Gasteiger charge is -2.39. The molecule has 0 aromatic rings. The molecule has 0 amide bonds. The number of methoxy groups -OCH3 is 1. The molecule has 0 radical (unpaired) electrons. The lowest BCUT2D eigenvalue weighted by molar-refractivity contribution is -0.149. The van der Waals surface area contributed by atoms with Gasteiger partial charge in [0.05, 0.1) is 13.0 Å². The first-order chi connectivity index (χ1) is 10.1. The van der Waals surface area contributed by atoms with Gasteiger partial charge in [0.1, 0.15) is 0 Å². The van der Waals surface area contributed by atoms with Crippen LogP contribution in [0.4, 0.5) is 0 Å². The number of carbonyl (C=O) groups excluding carboxylic acids is 1. The Morgan fingerprint density at radius 1 is 1.19 bits per heavy atom. The van der Waals surface area contributed by atoms with Crippen molar-refractivity contribution in [2.75, 3.05) is 52.9 Å². The third-order valence-electron chi connectivity index (χ3n) is 5.04. The van der Waals surface area contributed by atoms with Gasteiger partial charge in [-0.15, -0.1) is 0 Å². The highest BCUT2D eigenvalue weighted by Gasteiger charge is 2.34. The van der Waals surface area contributed by atoms with E-state index in [0.717, 1.165) is 58.7 Å². The first-order valence-electron chi connectivity index (χ1n) is 8.36. The summed E-state index contributed by atoms with van der Waals surface area (Å²) in [5.41, 5.74) is 0. The predicted molar refractivity (Wildman–Crippen MR) is 84.2 cm³/mol. The van der Waals surface area contributed by atoms with E-state index < -0.39 is 0 Å². The molecule has 2 fully saturated rings. The Balaban J connectivity index is 1.91. The van der Waals surface area contributed by atoms with E-state index >= 15 is 0 Å². The lowest BCUT2D eigenvalue weighted by Crippen LogP contribution is -2.49. The second kappa shape index (κ2) is 8.11. The molecule has 0 saturated carbocycles. The van der Waals surface area contributed by atoms with E-state index in [1.54, 1.807) is 0 Å². The Morgan fingerprint density at radius 2 is 1.81 bits per heavy atom. The van der Waals surface area contributed by atoms with Gasteiger partial charge in [0.2, 0.25) is 0 Å². The van der Waals surface area contributed by atoms with Gasteiger partial charge in [0, 0.05) is 38.8 Å². The summed E-state index contributed by atoms with van der Waals surface area (Å²) in [7, 11) is 1.52. The van der Waals surface area contributed by atoms with Crippen molar-refractivity contribution in [1.82, 2.24) is 15.1 Å². The summed E-state index contributed by atoms with van der Waals surface area (Å²) in [4.78, 5) is 17.1. The van der Waals surface area contributed by atoms with Gasteiger partial charge in [-0.3, -0.25) is 9.69 Å². The van der Waals surface area contributed by atoms with E-state index in [9.17, 15) is 4.79 Å². The Morgan fingerprint density at radius 3 is 2.33 bits per heavy atom. The topological polar surface area (TPSA) is 44.8 Å². The molecule has 2 rings (SSSR count). The maximum absolute atomic E-state index is 12.2. The minimum Gasteiger partial charge on any atom is -0.469 e. The van der Waals surface area contributed by atoms with Crippen molar-refractivity contribution < 1.29 is 9.53 Å². The molecule has 2 aliphatic heterocycles. The largest absolute Gasteiger partial charge is 0.469 e. The summed E-state index contributed by atoms with van der Waals surface area (Å²) < 4.78 is 5.09. The van der Waals surface area contributed by atoms with Crippen molar-refractivity contribution in [3.63, 3.8) is 0 Å². The molecule has 2 heterocycles. The second-order valence-corrected chi connectivity index (χ2v) is 6.65. The first-order valence-corrected chi connectivity index (χ1v) is 8.36. The van der Waals surface area contributed by atoms with Gasteiger partial charge in [0.25, 0.3) is 0 Å². The number of piperidine rings is 1. The molecule has 0 aliphatic carbocycles. The van der Waals surface area contributed by atoms with Crippen LogP contribution < -0.4 is 5.32 Å². The Labute approximate surface area is 129 Å². The van der Waals surface area contributed by atoms with Crippen molar-refractivity contribution in [3.8, 4) is 0 Å². The van der Waals surface area contributed by atoms with Crippen LogP contribution in [-0.4, -0.2) is 74.7 Å². The third kappa shape index (κ3) is 4.66. The van der Waals surface area contributed by atoms with Crippen molar-refractivity contribution in [2.24, 2.45) is 11.8 Å². The summed E-state index contributed by atoms with van der Waals surface area (Å²) >= 11 is 0. The number of piperazine rings is 1. The maximum Gasteiger partial charge on any atom is 0.310 e. The van der Waals surface area contributed by atoms with Crippen LogP contribution in [0.15, 0.2) is 0 Å². The molecule has 0 aromatic carbocycles. The minimum absolute atomic E-state index is 0.0171. The van der Waals surface area contributed by atoms with E-state index in [1.165, 1.54) is 7.11 Å². The van der Waals surface area contributed by atoms with Gasteiger partial charge in [0.15, 0.2) is 0 Å². The van der Waals surface area contributed by atoms with Crippen molar-refractivity contribution in [3.05, 3.63) is 0 Å². The smallest absolute Gasteiger partial charge is 0.310 e. The SMILES string of the molecule is COC(=O)C(CN1CCNCC1)C1CCN(C(C)C)CC1. The summed E-state index contributed by atoms with van der Waals surface area (Å²) in [5.74, 6) is 0.501. The number of likely N-dealkylation sites (tertiary alicyclic amines) is 1. The highest BCUT2D eigenvalue weighted by atomic mass is 16.5. The molecule has 2 aliphatic rings. The van der Waals surface area contributed by atoms with Crippen LogP contribution in [0.5, 0.6) is 0 Å². The molecule has 1 atom stereocenters. The van der Waals surface area contributed by atoms with Crippen LogP contribution in [0, 0.1) is 11.8 Å². The van der Waals surface area contributed by atoms with Gasteiger partial charge in [-0.2, -0.15) is 0 Å². The van der Waals surface area contributed by atoms with Crippen molar-refractivity contribution in [2.45, 2.75) is 32.7 Å². The highest BCUT2D eigenvalue weighted by Crippen LogP contribution is 2.28. The quantitative estimate of drug-likeness (QED) is 0.761. The number of nitrogens with one attached hydrogen (secondary N) is 1. The van der Waals surface area contributed by atoms with Gasteiger partial charge in [-0.05, 0) is 45.7 Å². The Bertz CT molecular complexity index is 321. The highest BCUT2D eigenvalue weighted by molar-refractivity contribution is 5.73. The van der Waals surface area contributed by atoms with E-state index in [0.29, 0.717) is 12.0 Å². The number of hydrogen-bond acceptors (Lipinski definition) is 5. The third-order valence-corrected chi connectivity index (χ3v) is 5.04. The van der Waals surface area contributed by atoms with Crippen LogP contribution >= 0.6 is 0 Å². The molecule has 0 aromatic heterocycles. The number of nitrogens with zero attached hydrogens (tertiary/aromatic N) is 2. The fourth-order valence-electron chi connectivity index (χ4n) is 3.58. The standard InChI is InChI=1S/C16H31N3O2/c1-13(2)19-8-4-14(5-9-19)15(16(20)21-3)12-18-10-6-17-7-11-18/h13-15,17H,4-12H2,1-3H3. The van der Waals surface area contributed by atoms with Gasteiger partial charge < -0.3 is 15.0 Å². The summed E-state index contributed by atoms with van der Waals surface area (Å²) in [6, 6.07) is 0.607. The molecular formula is C16H31N3O2. The second-order valence-electron chi connectivity index (χ2n) is 6.65. The molecule has 5 heteroatoms.